The third-order valence-corrected chi connectivity index (χ3v) is 5.26. The van der Waals surface area contributed by atoms with Gasteiger partial charge in [0.1, 0.15) is 11.0 Å². The SMILES string of the molecule is CCC[C@@H](CCO)Nc1nc(N)nc2c3ccccc3n(Cc3ccccc3)c12. The van der Waals surface area contributed by atoms with E-state index in [1.807, 2.05) is 18.2 Å². The van der Waals surface area contributed by atoms with Gasteiger partial charge in [0.25, 0.3) is 0 Å². The molecule has 0 amide bonds. The highest BCUT2D eigenvalue weighted by atomic mass is 16.3. The van der Waals surface area contributed by atoms with Gasteiger partial charge in [-0.15, -0.1) is 0 Å². The number of benzene rings is 2. The molecule has 4 rings (SSSR count). The molecule has 2 heterocycles. The molecule has 1 atom stereocenters. The number of aliphatic hydroxyl groups is 1. The Morgan fingerprint density at radius 1 is 1.03 bits per heavy atom. The summed E-state index contributed by atoms with van der Waals surface area (Å²) in [6.45, 7) is 2.99. The van der Waals surface area contributed by atoms with Crippen molar-refractivity contribution in [1.29, 1.82) is 0 Å². The fourth-order valence-electron chi connectivity index (χ4n) is 3.96. The minimum Gasteiger partial charge on any atom is -0.396 e. The molecule has 0 spiro atoms. The van der Waals surface area contributed by atoms with Crippen LogP contribution < -0.4 is 11.1 Å². The van der Waals surface area contributed by atoms with Crippen LogP contribution in [0.25, 0.3) is 21.9 Å². The van der Waals surface area contributed by atoms with Gasteiger partial charge in [0, 0.05) is 24.6 Å². The van der Waals surface area contributed by atoms with Gasteiger partial charge in [-0.25, -0.2) is 4.98 Å². The van der Waals surface area contributed by atoms with Gasteiger partial charge >= 0.3 is 0 Å². The molecule has 0 unspecified atom stereocenters. The predicted octanol–water partition coefficient (Wildman–Crippen LogP) is 4.18. The Bertz CT molecular complexity index is 1100. The highest BCUT2D eigenvalue weighted by molar-refractivity contribution is 6.09. The second-order valence-electron chi connectivity index (χ2n) is 7.36. The molecular formula is C23H27N5O. The van der Waals surface area contributed by atoms with E-state index in [2.05, 4.69) is 63.2 Å². The van der Waals surface area contributed by atoms with Gasteiger partial charge in [0.2, 0.25) is 5.95 Å². The Labute approximate surface area is 170 Å². The van der Waals surface area contributed by atoms with Crippen LogP contribution in [0.1, 0.15) is 31.7 Å². The quantitative estimate of drug-likeness (QED) is 0.421. The number of aliphatic hydroxyl groups excluding tert-OH is 1. The third-order valence-electron chi connectivity index (χ3n) is 5.26. The summed E-state index contributed by atoms with van der Waals surface area (Å²) < 4.78 is 2.25. The van der Waals surface area contributed by atoms with Crippen LogP contribution in [-0.4, -0.2) is 32.3 Å². The van der Waals surface area contributed by atoms with Crippen LogP contribution in [0.3, 0.4) is 0 Å². The van der Waals surface area contributed by atoms with Crippen molar-refractivity contribution in [2.75, 3.05) is 17.7 Å². The Morgan fingerprint density at radius 2 is 1.79 bits per heavy atom. The number of hydrogen-bond donors (Lipinski definition) is 3. The van der Waals surface area contributed by atoms with Crippen molar-refractivity contribution in [2.45, 2.75) is 38.8 Å². The molecule has 0 bridgehead atoms. The second-order valence-corrected chi connectivity index (χ2v) is 7.36. The molecule has 0 fully saturated rings. The highest BCUT2D eigenvalue weighted by Gasteiger charge is 2.19. The molecule has 0 aliphatic heterocycles. The summed E-state index contributed by atoms with van der Waals surface area (Å²) in [4.78, 5) is 9.14. The first kappa shape index (κ1) is 19.2. The van der Waals surface area contributed by atoms with Crippen LogP contribution in [-0.2, 0) is 6.54 Å². The van der Waals surface area contributed by atoms with Crippen molar-refractivity contribution in [2.24, 2.45) is 0 Å². The van der Waals surface area contributed by atoms with Crippen LogP contribution in [0.5, 0.6) is 0 Å². The number of nitrogens with zero attached hydrogens (tertiary/aromatic N) is 3. The van der Waals surface area contributed by atoms with E-state index in [0.29, 0.717) is 13.0 Å². The molecule has 4 N–H and O–H groups in total. The number of para-hydroxylation sites is 1. The van der Waals surface area contributed by atoms with Crippen molar-refractivity contribution in [1.82, 2.24) is 14.5 Å². The zero-order valence-corrected chi connectivity index (χ0v) is 16.7. The zero-order chi connectivity index (χ0) is 20.2. The molecular weight excluding hydrogens is 362 g/mol. The molecule has 6 nitrogen and oxygen atoms in total. The molecule has 4 aromatic rings. The molecule has 2 aromatic carbocycles. The summed E-state index contributed by atoms with van der Waals surface area (Å²) >= 11 is 0. The molecule has 0 saturated carbocycles. The Kier molecular flexibility index (Phi) is 5.62. The Morgan fingerprint density at radius 3 is 2.55 bits per heavy atom. The molecule has 29 heavy (non-hydrogen) atoms. The monoisotopic (exact) mass is 389 g/mol. The first-order chi connectivity index (χ1) is 14.2. The molecule has 0 aliphatic carbocycles. The van der Waals surface area contributed by atoms with Crippen molar-refractivity contribution in [3.63, 3.8) is 0 Å². The lowest BCUT2D eigenvalue weighted by Gasteiger charge is -2.19. The number of nitrogens with one attached hydrogen (secondary N) is 1. The largest absolute Gasteiger partial charge is 0.396 e. The van der Waals surface area contributed by atoms with Gasteiger partial charge in [-0.3, -0.25) is 0 Å². The number of aromatic nitrogens is 3. The molecule has 0 aliphatic rings. The van der Waals surface area contributed by atoms with Crippen LogP contribution in [0.2, 0.25) is 0 Å². The first-order valence-electron chi connectivity index (χ1n) is 10.2. The number of nitrogen functional groups attached to an aromatic ring is 1. The second kappa shape index (κ2) is 8.49. The average molecular weight is 390 g/mol. The van der Waals surface area contributed by atoms with Crippen LogP contribution in [0.4, 0.5) is 11.8 Å². The number of fused-ring (bicyclic) bond motifs is 3. The van der Waals surface area contributed by atoms with Crippen LogP contribution >= 0.6 is 0 Å². The lowest BCUT2D eigenvalue weighted by molar-refractivity contribution is 0.276. The van der Waals surface area contributed by atoms with E-state index in [1.54, 1.807) is 0 Å². The Balaban J connectivity index is 1.91. The van der Waals surface area contributed by atoms with E-state index >= 15 is 0 Å². The maximum atomic E-state index is 9.47. The summed E-state index contributed by atoms with van der Waals surface area (Å²) in [7, 11) is 0. The molecule has 2 aromatic heterocycles. The van der Waals surface area contributed by atoms with E-state index in [-0.39, 0.29) is 18.6 Å². The fourth-order valence-corrected chi connectivity index (χ4v) is 3.96. The topological polar surface area (TPSA) is 89.0 Å². The van der Waals surface area contributed by atoms with Gasteiger partial charge < -0.3 is 20.7 Å². The third kappa shape index (κ3) is 3.89. The maximum Gasteiger partial charge on any atom is 0.222 e. The van der Waals surface area contributed by atoms with Crippen molar-refractivity contribution in [3.05, 3.63) is 60.2 Å². The van der Waals surface area contributed by atoms with E-state index < -0.39 is 0 Å². The first-order valence-corrected chi connectivity index (χ1v) is 10.2. The highest BCUT2D eigenvalue weighted by Crippen LogP contribution is 2.33. The standard InChI is InChI=1S/C23H27N5O/c1-2-8-17(13-14-29)25-22-21-20(26-23(24)27-22)18-11-6-7-12-19(18)28(21)15-16-9-4-3-5-10-16/h3-7,9-12,17,29H,2,8,13-15H2,1H3,(H3,24,25,26,27)/t17-/m0/s1. The average Bonchev–Trinajstić information content (AvgIpc) is 3.03. The molecule has 0 radical (unpaired) electrons. The van der Waals surface area contributed by atoms with E-state index in [1.165, 1.54) is 5.56 Å². The molecule has 150 valence electrons. The van der Waals surface area contributed by atoms with Crippen molar-refractivity contribution >= 4 is 33.7 Å². The van der Waals surface area contributed by atoms with Gasteiger partial charge in [-0.2, -0.15) is 4.98 Å². The summed E-state index contributed by atoms with van der Waals surface area (Å²) in [5.74, 6) is 0.980. The number of rotatable bonds is 8. The Hall–Kier alpha value is -3.12. The predicted molar refractivity (Wildman–Crippen MR) is 119 cm³/mol. The summed E-state index contributed by atoms with van der Waals surface area (Å²) in [6, 6.07) is 18.7. The molecule has 0 saturated heterocycles. The smallest absolute Gasteiger partial charge is 0.222 e. The maximum absolute atomic E-state index is 9.47. The molecule has 6 heteroatoms. The van der Waals surface area contributed by atoms with Gasteiger partial charge in [-0.1, -0.05) is 61.9 Å². The van der Waals surface area contributed by atoms with Crippen LogP contribution in [0, 0.1) is 0 Å². The summed E-state index contributed by atoms with van der Waals surface area (Å²) in [6.07, 6.45) is 2.64. The van der Waals surface area contributed by atoms with Gasteiger partial charge in [0.05, 0.1) is 5.52 Å². The normalized spacial score (nSPS) is 12.5. The lowest BCUT2D eigenvalue weighted by atomic mass is 10.1. The summed E-state index contributed by atoms with van der Waals surface area (Å²) in [5, 5.41) is 14.1. The number of hydrogen-bond acceptors (Lipinski definition) is 5. The van der Waals surface area contributed by atoms with Crippen molar-refractivity contribution in [3.8, 4) is 0 Å². The van der Waals surface area contributed by atoms with E-state index in [9.17, 15) is 5.11 Å². The summed E-state index contributed by atoms with van der Waals surface area (Å²) in [5.41, 5.74) is 10.2. The number of nitrogens with two attached hydrogens (primary N) is 1. The van der Waals surface area contributed by atoms with Crippen molar-refractivity contribution < 1.29 is 5.11 Å². The van der Waals surface area contributed by atoms with E-state index in [0.717, 1.165) is 40.6 Å². The van der Waals surface area contributed by atoms with Crippen LogP contribution in [0.15, 0.2) is 54.6 Å². The zero-order valence-electron chi connectivity index (χ0n) is 16.7. The minimum absolute atomic E-state index is 0.130. The lowest BCUT2D eigenvalue weighted by Crippen LogP contribution is -2.22. The van der Waals surface area contributed by atoms with Gasteiger partial charge in [-0.05, 0) is 24.5 Å². The van der Waals surface area contributed by atoms with Gasteiger partial charge in [0.15, 0.2) is 5.82 Å². The minimum atomic E-state index is 0.130. The number of anilines is 2. The van der Waals surface area contributed by atoms with E-state index in [4.69, 9.17) is 5.73 Å². The fraction of sp³-hybridized carbons (Fsp3) is 0.304.